The highest BCUT2D eigenvalue weighted by Gasteiger charge is 2.27. The lowest BCUT2D eigenvalue weighted by atomic mass is 9.98. The number of ether oxygens (including phenoxy) is 1. The van der Waals surface area contributed by atoms with Crippen molar-refractivity contribution in [3.8, 4) is 5.75 Å². The van der Waals surface area contributed by atoms with Crippen LogP contribution in [0.5, 0.6) is 5.75 Å². The van der Waals surface area contributed by atoms with Crippen molar-refractivity contribution in [1.29, 1.82) is 0 Å². The summed E-state index contributed by atoms with van der Waals surface area (Å²) in [5.74, 6) is -1.18. The molecule has 0 aliphatic carbocycles. The van der Waals surface area contributed by atoms with Crippen molar-refractivity contribution in [2.45, 2.75) is 31.6 Å². The summed E-state index contributed by atoms with van der Waals surface area (Å²) < 4.78 is 32.6. The van der Waals surface area contributed by atoms with Gasteiger partial charge in [-0.25, -0.2) is 13.1 Å². The molecule has 7 heteroatoms. The Bertz CT molecular complexity index is 654. The van der Waals surface area contributed by atoms with Gasteiger partial charge in [0.05, 0.1) is 12.5 Å². The molecule has 6 nitrogen and oxygen atoms in total. The van der Waals surface area contributed by atoms with Crippen LogP contribution >= 0.6 is 0 Å². The molecule has 122 valence electrons. The monoisotopic (exact) mass is 327 g/mol. The van der Waals surface area contributed by atoms with E-state index >= 15 is 0 Å². The summed E-state index contributed by atoms with van der Waals surface area (Å²) in [5, 5.41) is 9.18. The average Bonchev–Trinajstić information content (AvgIpc) is 2.90. The highest BCUT2D eigenvalue weighted by molar-refractivity contribution is 7.89. The number of aliphatic carboxylic acids is 1. The molecule has 0 bridgehead atoms. The van der Waals surface area contributed by atoms with E-state index in [1.807, 2.05) is 19.9 Å². The summed E-state index contributed by atoms with van der Waals surface area (Å²) in [6, 6.07) is 4.98. The summed E-state index contributed by atoms with van der Waals surface area (Å²) in [6.07, 6.45) is 1.10. The van der Waals surface area contributed by atoms with Crippen LogP contribution in [-0.2, 0) is 21.2 Å². The molecule has 0 fully saturated rings. The van der Waals surface area contributed by atoms with Crippen LogP contribution in [0.3, 0.4) is 0 Å². The first kappa shape index (κ1) is 16.8. The molecule has 1 aromatic rings. The molecule has 1 unspecified atom stereocenters. The molecule has 22 heavy (non-hydrogen) atoms. The van der Waals surface area contributed by atoms with Gasteiger partial charge in [-0.05, 0) is 24.0 Å². The Morgan fingerprint density at radius 1 is 1.41 bits per heavy atom. The first-order valence-corrected chi connectivity index (χ1v) is 8.76. The van der Waals surface area contributed by atoms with E-state index in [1.165, 1.54) is 6.07 Å². The number of benzene rings is 1. The Morgan fingerprint density at radius 2 is 2.14 bits per heavy atom. The van der Waals surface area contributed by atoms with Gasteiger partial charge in [0.15, 0.2) is 0 Å². The molecule has 2 rings (SSSR count). The molecule has 0 saturated carbocycles. The van der Waals surface area contributed by atoms with Crippen LogP contribution in [0, 0.1) is 11.8 Å². The Labute approximate surface area is 130 Å². The SMILES string of the molecule is CC(C)CC(CNS(=O)(=O)c1cccc2c1OCC2)C(=O)O. The lowest BCUT2D eigenvalue weighted by Crippen LogP contribution is -2.33. The van der Waals surface area contributed by atoms with E-state index in [2.05, 4.69) is 4.72 Å². The summed E-state index contributed by atoms with van der Waals surface area (Å²) in [7, 11) is -3.79. The fourth-order valence-corrected chi connectivity index (χ4v) is 3.79. The highest BCUT2D eigenvalue weighted by Crippen LogP contribution is 2.32. The topological polar surface area (TPSA) is 92.7 Å². The molecular weight excluding hydrogens is 306 g/mol. The number of para-hydroxylation sites is 1. The molecular formula is C15H21NO5S. The number of carboxylic acids is 1. The maximum absolute atomic E-state index is 12.4. The van der Waals surface area contributed by atoms with Gasteiger partial charge < -0.3 is 9.84 Å². The predicted molar refractivity (Wildman–Crippen MR) is 81.4 cm³/mol. The lowest BCUT2D eigenvalue weighted by Gasteiger charge is -2.16. The van der Waals surface area contributed by atoms with Crippen molar-refractivity contribution < 1.29 is 23.1 Å². The summed E-state index contributed by atoms with van der Waals surface area (Å²) in [6.45, 7) is 4.15. The molecule has 0 spiro atoms. The Balaban J connectivity index is 2.15. The first-order valence-electron chi connectivity index (χ1n) is 7.28. The molecule has 0 radical (unpaired) electrons. The zero-order valence-corrected chi connectivity index (χ0v) is 13.5. The minimum absolute atomic E-state index is 0.0798. The second kappa shape index (κ2) is 6.66. The second-order valence-electron chi connectivity index (χ2n) is 5.86. The van der Waals surface area contributed by atoms with E-state index in [4.69, 9.17) is 4.74 Å². The number of rotatable bonds is 7. The number of hydrogen-bond donors (Lipinski definition) is 2. The van der Waals surface area contributed by atoms with Gasteiger partial charge in [0.1, 0.15) is 10.6 Å². The third-order valence-corrected chi connectivity index (χ3v) is 5.04. The van der Waals surface area contributed by atoms with E-state index in [0.29, 0.717) is 25.2 Å². The summed E-state index contributed by atoms with van der Waals surface area (Å²) in [4.78, 5) is 11.3. The minimum Gasteiger partial charge on any atom is -0.492 e. The van der Waals surface area contributed by atoms with Crippen molar-refractivity contribution in [1.82, 2.24) is 4.72 Å². The number of sulfonamides is 1. The van der Waals surface area contributed by atoms with Gasteiger partial charge in [-0.1, -0.05) is 26.0 Å². The number of fused-ring (bicyclic) bond motifs is 1. The normalized spacial score (nSPS) is 15.4. The maximum Gasteiger partial charge on any atom is 0.307 e. The molecule has 0 amide bonds. The lowest BCUT2D eigenvalue weighted by molar-refractivity contribution is -0.142. The molecule has 0 aromatic heterocycles. The molecule has 1 aliphatic rings. The zero-order chi connectivity index (χ0) is 16.3. The highest BCUT2D eigenvalue weighted by atomic mass is 32.2. The third-order valence-electron chi connectivity index (χ3n) is 3.59. The predicted octanol–water partition coefficient (Wildman–Crippen LogP) is 1.65. The first-order chi connectivity index (χ1) is 10.3. The fraction of sp³-hybridized carbons (Fsp3) is 0.533. The van der Waals surface area contributed by atoms with Crippen molar-refractivity contribution in [2.75, 3.05) is 13.2 Å². The molecule has 1 atom stereocenters. The van der Waals surface area contributed by atoms with Crippen molar-refractivity contribution in [3.63, 3.8) is 0 Å². The van der Waals surface area contributed by atoms with E-state index in [0.717, 1.165) is 5.56 Å². The standard InChI is InChI=1S/C15H21NO5S/c1-10(2)8-12(15(17)18)9-16-22(19,20)13-5-3-4-11-6-7-21-14(11)13/h3-5,10,12,16H,6-9H2,1-2H3,(H,17,18). The van der Waals surface area contributed by atoms with Crippen LogP contribution in [0.4, 0.5) is 0 Å². The van der Waals surface area contributed by atoms with Crippen LogP contribution in [0.25, 0.3) is 0 Å². The van der Waals surface area contributed by atoms with Crippen molar-refractivity contribution >= 4 is 16.0 Å². The maximum atomic E-state index is 12.4. The molecule has 1 aliphatic heterocycles. The second-order valence-corrected chi connectivity index (χ2v) is 7.59. The number of hydrogen-bond acceptors (Lipinski definition) is 4. The quantitative estimate of drug-likeness (QED) is 0.794. The van der Waals surface area contributed by atoms with E-state index in [9.17, 15) is 18.3 Å². The van der Waals surface area contributed by atoms with Crippen LogP contribution in [0.15, 0.2) is 23.1 Å². The zero-order valence-electron chi connectivity index (χ0n) is 12.7. The number of nitrogens with one attached hydrogen (secondary N) is 1. The Morgan fingerprint density at radius 3 is 2.77 bits per heavy atom. The van der Waals surface area contributed by atoms with Crippen LogP contribution < -0.4 is 9.46 Å². The van der Waals surface area contributed by atoms with Gasteiger partial charge in [-0.3, -0.25) is 4.79 Å². The van der Waals surface area contributed by atoms with Gasteiger partial charge in [-0.2, -0.15) is 0 Å². The van der Waals surface area contributed by atoms with Gasteiger partial charge in [0.2, 0.25) is 10.0 Å². The molecule has 2 N–H and O–H groups in total. The Hall–Kier alpha value is -1.60. The summed E-state index contributed by atoms with van der Waals surface area (Å²) in [5.41, 5.74) is 0.861. The fourth-order valence-electron chi connectivity index (χ4n) is 2.53. The van der Waals surface area contributed by atoms with E-state index in [1.54, 1.807) is 6.07 Å². The summed E-state index contributed by atoms with van der Waals surface area (Å²) >= 11 is 0. The van der Waals surface area contributed by atoms with Crippen LogP contribution in [0.1, 0.15) is 25.8 Å². The largest absolute Gasteiger partial charge is 0.492 e. The van der Waals surface area contributed by atoms with Gasteiger partial charge in [0.25, 0.3) is 0 Å². The van der Waals surface area contributed by atoms with E-state index < -0.39 is 21.9 Å². The van der Waals surface area contributed by atoms with Gasteiger partial charge in [0, 0.05) is 13.0 Å². The van der Waals surface area contributed by atoms with Crippen molar-refractivity contribution in [2.24, 2.45) is 11.8 Å². The van der Waals surface area contributed by atoms with Gasteiger partial charge >= 0.3 is 5.97 Å². The minimum atomic E-state index is -3.79. The van der Waals surface area contributed by atoms with Crippen molar-refractivity contribution in [3.05, 3.63) is 23.8 Å². The Kier molecular flexibility index (Phi) is 5.08. The third kappa shape index (κ3) is 3.78. The van der Waals surface area contributed by atoms with Gasteiger partial charge in [-0.15, -0.1) is 0 Å². The number of carbonyl (C=O) groups is 1. The number of carboxylic acid groups (broad SMARTS) is 1. The average molecular weight is 327 g/mol. The molecule has 1 aromatic carbocycles. The van der Waals surface area contributed by atoms with E-state index in [-0.39, 0.29) is 17.4 Å². The van der Waals surface area contributed by atoms with Crippen LogP contribution in [0.2, 0.25) is 0 Å². The molecule has 0 saturated heterocycles. The molecule has 1 heterocycles. The van der Waals surface area contributed by atoms with Crippen LogP contribution in [-0.4, -0.2) is 32.6 Å². The smallest absolute Gasteiger partial charge is 0.307 e.